The van der Waals surface area contributed by atoms with E-state index in [1.807, 2.05) is 41.6 Å². The normalized spacial score (nSPS) is 27.1. The average Bonchev–Trinajstić information content (AvgIpc) is 2.98. The third kappa shape index (κ3) is 3.42. The molecule has 2 unspecified atom stereocenters. The van der Waals surface area contributed by atoms with Crippen molar-refractivity contribution >= 4 is 23.8 Å². The van der Waals surface area contributed by atoms with Crippen LogP contribution in [-0.2, 0) is 0 Å². The molecule has 3 heterocycles. The number of hydrogen-bond donors (Lipinski definition) is 2. The first kappa shape index (κ1) is 16.9. The van der Waals surface area contributed by atoms with Crippen LogP contribution in [0.2, 0.25) is 0 Å². The maximum Gasteiger partial charge on any atom is 0.145 e. The molecule has 4 rings (SSSR count). The Hall–Kier alpha value is -1.54. The van der Waals surface area contributed by atoms with E-state index in [0.29, 0.717) is 0 Å². The molecule has 0 spiro atoms. The van der Waals surface area contributed by atoms with Gasteiger partial charge in [0.05, 0.1) is 11.2 Å². The fraction of sp³-hybridized carbons (Fsp3) is 0.500. The Balaban J connectivity index is 1.46. The van der Waals surface area contributed by atoms with Gasteiger partial charge in [-0.05, 0) is 38.1 Å². The van der Waals surface area contributed by atoms with Crippen LogP contribution in [0.5, 0.6) is 0 Å². The highest BCUT2D eigenvalue weighted by Gasteiger charge is 2.37. The molecule has 0 bridgehead atoms. The number of para-hydroxylation sites is 1. The Morgan fingerprint density at radius 3 is 2.56 bits per heavy atom. The number of aliphatic imine (C=N–C) groups is 1. The smallest absolute Gasteiger partial charge is 0.145 e. The number of benzene rings is 1. The maximum absolute atomic E-state index is 6.52. The summed E-state index contributed by atoms with van der Waals surface area (Å²) in [5, 5.41) is 0. The van der Waals surface area contributed by atoms with Crippen LogP contribution in [0.15, 0.2) is 46.1 Å². The molecule has 6 nitrogen and oxygen atoms in total. The van der Waals surface area contributed by atoms with Crippen LogP contribution in [0.4, 0.5) is 5.69 Å². The number of likely N-dealkylation sites (tertiary alicyclic amines) is 1. The van der Waals surface area contributed by atoms with Crippen LogP contribution >= 0.6 is 11.8 Å². The summed E-state index contributed by atoms with van der Waals surface area (Å²) in [4.78, 5) is 12.5. The van der Waals surface area contributed by atoms with Crippen molar-refractivity contribution in [1.29, 1.82) is 0 Å². The van der Waals surface area contributed by atoms with E-state index in [1.165, 1.54) is 32.4 Å². The lowest BCUT2D eigenvalue weighted by atomic mass is 10.1. The zero-order valence-corrected chi connectivity index (χ0v) is 15.2. The van der Waals surface area contributed by atoms with Gasteiger partial charge in [-0.25, -0.2) is 4.99 Å². The Morgan fingerprint density at radius 2 is 1.80 bits per heavy atom. The predicted octanol–water partition coefficient (Wildman–Crippen LogP) is 1.77. The Kier molecular flexibility index (Phi) is 4.98. The quantitative estimate of drug-likeness (QED) is 0.854. The fourth-order valence-electron chi connectivity index (χ4n) is 3.66. The third-order valence-electron chi connectivity index (χ3n) is 5.08. The van der Waals surface area contributed by atoms with Gasteiger partial charge in [-0.1, -0.05) is 36.4 Å². The second-order valence-corrected chi connectivity index (χ2v) is 7.88. The van der Waals surface area contributed by atoms with Gasteiger partial charge < -0.3 is 26.2 Å². The van der Waals surface area contributed by atoms with Crippen LogP contribution in [-0.4, -0.2) is 54.0 Å². The Morgan fingerprint density at radius 1 is 1.04 bits per heavy atom. The van der Waals surface area contributed by atoms with E-state index in [1.54, 1.807) is 11.8 Å². The van der Waals surface area contributed by atoms with Gasteiger partial charge in [0.15, 0.2) is 0 Å². The van der Waals surface area contributed by atoms with Gasteiger partial charge in [-0.3, -0.25) is 0 Å². The van der Waals surface area contributed by atoms with Crippen LogP contribution in [0.25, 0.3) is 0 Å². The van der Waals surface area contributed by atoms with Crippen LogP contribution < -0.4 is 16.4 Å². The molecule has 134 valence electrons. The minimum atomic E-state index is -0.231. The van der Waals surface area contributed by atoms with Crippen molar-refractivity contribution in [3.63, 3.8) is 0 Å². The number of rotatable bonds is 4. The molecule has 1 saturated heterocycles. The van der Waals surface area contributed by atoms with E-state index in [4.69, 9.17) is 16.5 Å². The molecule has 1 aromatic rings. The van der Waals surface area contributed by atoms with E-state index >= 15 is 0 Å². The molecule has 3 aliphatic heterocycles. The second kappa shape index (κ2) is 7.37. The summed E-state index contributed by atoms with van der Waals surface area (Å²) in [6.07, 6.45) is 5.59. The SMILES string of the molecule is NC1SC2=C(N=CN(c3ccccc3)C2N)N1CCN1CCCCC1. The van der Waals surface area contributed by atoms with Crippen molar-refractivity contribution in [2.45, 2.75) is 30.9 Å². The topological polar surface area (TPSA) is 74.1 Å². The third-order valence-corrected chi connectivity index (χ3v) is 6.25. The monoisotopic (exact) mass is 358 g/mol. The summed E-state index contributed by atoms with van der Waals surface area (Å²) >= 11 is 1.64. The van der Waals surface area contributed by atoms with Crippen molar-refractivity contribution in [2.24, 2.45) is 16.5 Å². The van der Waals surface area contributed by atoms with E-state index < -0.39 is 0 Å². The number of hydrogen-bond acceptors (Lipinski definition) is 7. The fourth-order valence-corrected chi connectivity index (χ4v) is 4.78. The molecule has 25 heavy (non-hydrogen) atoms. The van der Waals surface area contributed by atoms with Gasteiger partial charge in [-0.2, -0.15) is 0 Å². The first-order chi connectivity index (χ1) is 12.2. The summed E-state index contributed by atoms with van der Waals surface area (Å²) in [5.41, 5.74) is 13.8. The molecule has 0 amide bonds. The van der Waals surface area contributed by atoms with Crippen molar-refractivity contribution in [2.75, 3.05) is 31.1 Å². The molecular formula is C18H26N6S. The zero-order valence-electron chi connectivity index (χ0n) is 14.4. The molecule has 0 aliphatic carbocycles. The van der Waals surface area contributed by atoms with Crippen molar-refractivity contribution in [3.05, 3.63) is 41.1 Å². The predicted molar refractivity (Wildman–Crippen MR) is 105 cm³/mol. The standard InChI is InChI=1S/C18H26N6S/c19-16-15-17(21-13-24(16)14-7-3-1-4-8-14)23(18(20)25-15)12-11-22-9-5-2-6-10-22/h1,3-4,7-8,13,16,18H,2,5-6,9-12,19-20H2. The first-order valence-electron chi connectivity index (χ1n) is 9.02. The van der Waals surface area contributed by atoms with E-state index in [0.717, 1.165) is 29.5 Å². The van der Waals surface area contributed by atoms with E-state index in [2.05, 4.69) is 9.80 Å². The highest BCUT2D eigenvalue weighted by Crippen LogP contribution is 2.40. The highest BCUT2D eigenvalue weighted by molar-refractivity contribution is 8.03. The zero-order chi connectivity index (χ0) is 17.2. The lowest BCUT2D eigenvalue weighted by Crippen LogP contribution is -2.45. The molecule has 0 aromatic heterocycles. The van der Waals surface area contributed by atoms with Gasteiger partial charge in [-0.15, -0.1) is 0 Å². The largest absolute Gasteiger partial charge is 0.330 e. The molecule has 1 aromatic carbocycles. The van der Waals surface area contributed by atoms with Crippen LogP contribution in [0.1, 0.15) is 19.3 Å². The van der Waals surface area contributed by atoms with Crippen molar-refractivity contribution < 1.29 is 0 Å². The number of nitrogens with two attached hydrogens (primary N) is 2. The van der Waals surface area contributed by atoms with E-state index in [9.17, 15) is 0 Å². The summed E-state index contributed by atoms with van der Waals surface area (Å²) < 4.78 is 0. The molecule has 7 heteroatoms. The molecule has 3 aliphatic rings. The molecular weight excluding hydrogens is 332 g/mol. The highest BCUT2D eigenvalue weighted by atomic mass is 32.2. The number of thioether (sulfide) groups is 1. The molecule has 1 fully saturated rings. The van der Waals surface area contributed by atoms with Crippen molar-refractivity contribution in [1.82, 2.24) is 9.80 Å². The Labute approximate surface area is 153 Å². The van der Waals surface area contributed by atoms with Crippen LogP contribution in [0.3, 0.4) is 0 Å². The lowest BCUT2D eigenvalue weighted by molar-refractivity contribution is 0.196. The minimum Gasteiger partial charge on any atom is -0.330 e. The van der Waals surface area contributed by atoms with Crippen LogP contribution in [0, 0.1) is 0 Å². The average molecular weight is 359 g/mol. The van der Waals surface area contributed by atoms with Gasteiger partial charge in [0.1, 0.15) is 17.5 Å². The first-order valence-corrected chi connectivity index (χ1v) is 9.90. The second-order valence-electron chi connectivity index (χ2n) is 6.72. The maximum atomic E-state index is 6.52. The minimum absolute atomic E-state index is 0.103. The molecule has 2 atom stereocenters. The number of anilines is 1. The van der Waals surface area contributed by atoms with Gasteiger partial charge in [0, 0.05) is 18.8 Å². The number of piperidine rings is 1. The molecule has 4 N–H and O–H groups in total. The van der Waals surface area contributed by atoms with E-state index in [-0.39, 0.29) is 11.7 Å². The summed E-state index contributed by atoms with van der Waals surface area (Å²) in [6.45, 7) is 4.35. The molecule has 0 saturated carbocycles. The summed E-state index contributed by atoms with van der Waals surface area (Å²) in [5.74, 6) is 0.953. The molecule has 0 radical (unpaired) electrons. The van der Waals surface area contributed by atoms with Crippen molar-refractivity contribution in [3.8, 4) is 0 Å². The van der Waals surface area contributed by atoms with Gasteiger partial charge >= 0.3 is 0 Å². The summed E-state index contributed by atoms with van der Waals surface area (Å²) in [6, 6.07) is 10.1. The summed E-state index contributed by atoms with van der Waals surface area (Å²) in [7, 11) is 0. The van der Waals surface area contributed by atoms with Gasteiger partial charge in [0.2, 0.25) is 0 Å². The van der Waals surface area contributed by atoms with Gasteiger partial charge in [0.25, 0.3) is 0 Å². The lowest BCUT2D eigenvalue weighted by Gasteiger charge is -2.32. The number of nitrogens with zero attached hydrogens (tertiary/aromatic N) is 4. The Bertz CT molecular complexity index is 655.